The van der Waals surface area contributed by atoms with Crippen LogP contribution >= 0.6 is 0 Å². The van der Waals surface area contributed by atoms with Crippen molar-refractivity contribution in [1.29, 1.82) is 0 Å². The van der Waals surface area contributed by atoms with Crippen LogP contribution in [0.15, 0.2) is 0 Å². The Morgan fingerprint density at radius 1 is 1.50 bits per heavy atom. The lowest BCUT2D eigenvalue weighted by atomic mass is 10.0. The largest absolute Gasteiger partial charge is 0.302 e. The summed E-state index contributed by atoms with van der Waals surface area (Å²) in [6.45, 7) is 2.50. The van der Waals surface area contributed by atoms with Crippen LogP contribution in [0.5, 0.6) is 0 Å². The Hall–Kier alpha value is -0.720. The lowest BCUT2D eigenvalue weighted by Gasteiger charge is -2.13. The number of nitro groups is 1. The van der Waals surface area contributed by atoms with E-state index in [-0.39, 0.29) is 6.42 Å². The Bertz CT molecular complexity index is 271. The van der Waals surface area contributed by atoms with Gasteiger partial charge in [0.2, 0.25) is 5.54 Å². The van der Waals surface area contributed by atoms with Gasteiger partial charge in [-0.05, 0) is 0 Å². The molecule has 0 aliphatic rings. The smallest absolute Gasteiger partial charge is 0.264 e. The average molecular weight is 199 g/mol. The highest BCUT2D eigenvalue weighted by atomic mass is 32.3. The summed E-state index contributed by atoms with van der Waals surface area (Å²) in [5.74, 6) is -0.805. The summed E-state index contributed by atoms with van der Waals surface area (Å²) < 4.78 is 32.0. The molecule has 12 heavy (non-hydrogen) atoms. The van der Waals surface area contributed by atoms with Crippen molar-refractivity contribution >= 4 is 10.2 Å². The van der Waals surface area contributed by atoms with E-state index in [1.807, 2.05) is 0 Å². The summed E-state index contributed by atoms with van der Waals surface area (Å²) >= 11 is 0. The predicted octanol–water partition coefficient (Wildman–Crippen LogP) is 0.731. The van der Waals surface area contributed by atoms with Crippen LogP contribution in [0.1, 0.15) is 20.3 Å². The standard InChI is InChI=1S/C5H10FNO4S/c1-5(2,7(8)9)3-4-12(6,10)11/h3-4H2,1-2H3. The van der Waals surface area contributed by atoms with Crippen molar-refractivity contribution in [2.45, 2.75) is 25.8 Å². The molecule has 0 atom stereocenters. The molecule has 0 aromatic heterocycles. The molecule has 0 radical (unpaired) electrons. The van der Waals surface area contributed by atoms with Gasteiger partial charge < -0.3 is 0 Å². The van der Waals surface area contributed by atoms with E-state index in [9.17, 15) is 22.4 Å². The second-order valence-corrected chi connectivity index (χ2v) is 4.55. The Kier molecular flexibility index (Phi) is 3.14. The molecule has 0 aromatic rings. The second kappa shape index (κ2) is 3.34. The molecule has 72 valence electrons. The molecular formula is C5H10FNO4S. The molecule has 0 unspecified atom stereocenters. The van der Waals surface area contributed by atoms with Crippen molar-refractivity contribution in [2.24, 2.45) is 0 Å². The Balaban J connectivity index is 4.20. The highest BCUT2D eigenvalue weighted by Gasteiger charge is 2.32. The average Bonchev–Trinajstić information content (AvgIpc) is 1.82. The highest BCUT2D eigenvalue weighted by molar-refractivity contribution is 7.86. The summed E-state index contributed by atoms with van der Waals surface area (Å²) in [5.41, 5.74) is -1.39. The van der Waals surface area contributed by atoms with E-state index in [1.165, 1.54) is 13.8 Å². The molecule has 0 saturated carbocycles. The van der Waals surface area contributed by atoms with Crippen LogP contribution in [0.2, 0.25) is 0 Å². The van der Waals surface area contributed by atoms with Gasteiger partial charge in [-0.3, -0.25) is 10.1 Å². The second-order valence-electron chi connectivity index (χ2n) is 3.06. The molecule has 0 rings (SSSR count). The molecule has 0 aliphatic carbocycles. The van der Waals surface area contributed by atoms with Crippen molar-refractivity contribution in [3.05, 3.63) is 10.1 Å². The fourth-order valence-corrected chi connectivity index (χ4v) is 1.21. The molecule has 0 fully saturated rings. The van der Waals surface area contributed by atoms with E-state index in [0.717, 1.165) is 0 Å². The van der Waals surface area contributed by atoms with Gasteiger partial charge in [-0.1, -0.05) is 0 Å². The van der Waals surface area contributed by atoms with Crippen molar-refractivity contribution < 1.29 is 17.2 Å². The van der Waals surface area contributed by atoms with Crippen LogP contribution in [0.3, 0.4) is 0 Å². The molecule has 7 heteroatoms. The number of hydrogen-bond acceptors (Lipinski definition) is 4. The fourth-order valence-electron chi connectivity index (χ4n) is 0.463. The van der Waals surface area contributed by atoms with Gasteiger partial charge >= 0.3 is 10.2 Å². The maximum atomic E-state index is 11.9. The topological polar surface area (TPSA) is 77.3 Å². The molecule has 0 bridgehead atoms. The Morgan fingerprint density at radius 3 is 2.17 bits per heavy atom. The SMILES string of the molecule is CC(C)(CCS(=O)(=O)F)[N+](=O)[O-]. The van der Waals surface area contributed by atoms with Gasteiger partial charge in [0.15, 0.2) is 0 Å². The first-order chi connectivity index (χ1) is 5.15. The minimum absolute atomic E-state index is 0.321. The molecule has 0 heterocycles. The van der Waals surface area contributed by atoms with E-state index in [0.29, 0.717) is 0 Å². The van der Waals surface area contributed by atoms with Crippen LogP contribution in [-0.4, -0.2) is 24.6 Å². The summed E-state index contributed by atoms with van der Waals surface area (Å²) in [4.78, 5) is 9.60. The quantitative estimate of drug-likeness (QED) is 0.380. The minimum atomic E-state index is -4.60. The van der Waals surface area contributed by atoms with Gasteiger partial charge in [0.25, 0.3) is 0 Å². The van der Waals surface area contributed by atoms with Crippen LogP contribution in [0.25, 0.3) is 0 Å². The monoisotopic (exact) mass is 199 g/mol. The van der Waals surface area contributed by atoms with Gasteiger partial charge in [-0.15, -0.1) is 3.89 Å². The van der Waals surface area contributed by atoms with Gasteiger partial charge in [-0.25, -0.2) is 0 Å². The first-order valence-electron chi connectivity index (χ1n) is 3.22. The first-order valence-corrected chi connectivity index (χ1v) is 4.77. The third-order valence-corrected chi connectivity index (χ3v) is 2.14. The zero-order valence-corrected chi connectivity index (χ0v) is 7.60. The lowest BCUT2D eigenvalue weighted by Crippen LogP contribution is -2.32. The number of halogens is 1. The van der Waals surface area contributed by atoms with Crippen molar-refractivity contribution in [3.63, 3.8) is 0 Å². The molecule has 0 aromatic carbocycles. The molecule has 0 N–H and O–H groups in total. The fraction of sp³-hybridized carbons (Fsp3) is 1.00. The van der Waals surface area contributed by atoms with Gasteiger partial charge in [0, 0.05) is 25.2 Å². The van der Waals surface area contributed by atoms with Crippen LogP contribution in [0, 0.1) is 10.1 Å². The van der Waals surface area contributed by atoms with Crippen molar-refractivity contribution in [3.8, 4) is 0 Å². The van der Waals surface area contributed by atoms with Crippen LogP contribution < -0.4 is 0 Å². The van der Waals surface area contributed by atoms with E-state index >= 15 is 0 Å². The number of rotatable bonds is 4. The van der Waals surface area contributed by atoms with E-state index < -0.39 is 26.4 Å². The van der Waals surface area contributed by atoms with Crippen molar-refractivity contribution in [1.82, 2.24) is 0 Å². The molecular weight excluding hydrogens is 189 g/mol. The summed E-state index contributed by atoms with van der Waals surface area (Å²) in [6.07, 6.45) is -0.321. The zero-order chi connectivity index (χ0) is 9.99. The summed E-state index contributed by atoms with van der Waals surface area (Å²) in [5, 5.41) is 10.2. The first kappa shape index (κ1) is 11.3. The number of hydrogen-bond donors (Lipinski definition) is 0. The predicted molar refractivity (Wildman–Crippen MR) is 40.6 cm³/mol. The molecule has 0 aliphatic heterocycles. The Morgan fingerprint density at radius 2 is 1.92 bits per heavy atom. The van der Waals surface area contributed by atoms with Gasteiger partial charge in [0.05, 0.1) is 5.75 Å². The van der Waals surface area contributed by atoms with Crippen LogP contribution in [-0.2, 0) is 10.2 Å². The third kappa shape index (κ3) is 4.22. The highest BCUT2D eigenvalue weighted by Crippen LogP contribution is 2.14. The zero-order valence-electron chi connectivity index (χ0n) is 6.78. The van der Waals surface area contributed by atoms with E-state index in [2.05, 4.69) is 0 Å². The molecule has 0 saturated heterocycles. The van der Waals surface area contributed by atoms with Gasteiger partial charge in [-0.2, -0.15) is 8.42 Å². The molecule has 5 nitrogen and oxygen atoms in total. The summed E-state index contributed by atoms with van der Waals surface area (Å²) in [6, 6.07) is 0. The van der Waals surface area contributed by atoms with E-state index in [4.69, 9.17) is 0 Å². The van der Waals surface area contributed by atoms with E-state index in [1.54, 1.807) is 0 Å². The lowest BCUT2D eigenvalue weighted by molar-refractivity contribution is -0.560. The molecule has 0 amide bonds. The number of nitrogens with zero attached hydrogens (tertiary/aromatic N) is 1. The third-order valence-electron chi connectivity index (χ3n) is 1.45. The Labute approximate surface area is 69.9 Å². The van der Waals surface area contributed by atoms with Crippen molar-refractivity contribution in [2.75, 3.05) is 5.75 Å². The maximum Gasteiger partial charge on any atom is 0.302 e. The minimum Gasteiger partial charge on any atom is -0.264 e. The normalized spacial score (nSPS) is 12.9. The maximum absolute atomic E-state index is 11.9. The summed E-state index contributed by atoms with van der Waals surface area (Å²) in [7, 11) is -4.60. The van der Waals surface area contributed by atoms with Crippen LogP contribution in [0.4, 0.5) is 3.89 Å². The molecule has 0 spiro atoms. The van der Waals surface area contributed by atoms with Gasteiger partial charge in [0.1, 0.15) is 0 Å².